The second-order valence-corrected chi connectivity index (χ2v) is 6.36. The molecule has 1 N–H and O–H groups in total. The third kappa shape index (κ3) is 6.02. The lowest BCUT2D eigenvalue weighted by Crippen LogP contribution is -2.28. The third-order valence-corrected chi connectivity index (χ3v) is 3.79. The zero-order valence-corrected chi connectivity index (χ0v) is 14.0. The van der Waals surface area contributed by atoms with Gasteiger partial charge in [-0.3, -0.25) is 4.98 Å². The van der Waals surface area contributed by atoms with Crippen molar-refractivity contribution in [3.63, 3.8) is 0 Å². The van der Waals surface area contributed by atoms with Crippen LogP contribution in [0, 0.1) is 0 Å². The molecule has 3 nitrogen and oxygen atoms in total. The Morgan fingerprint density at radius 1 is 1.42 bits per heavy atom. The molecule has 1 unspecified atom stereocenters. The van der Waals surface area contributed by atoms with Crippen molar-refractivity contribution in [3.05, 3.63) is 28.5 Å². The smallest absolute Gasteiger partial charge is 0.0623 e. The van der Waals surface area contributed by atoms with Crippen LogP contribution in [0.15, 0.2) is 22.9 Å². The van der Waals surface area contributed by atoms with Gasteiger partial charge in [-0.15, -0.1) is 0 Å². The van der Waals surface area contributed by atoms with Crippen LogP contribution in [0.25, 0.3) is 0 Å². The number of nitrogens with zero attached hydrogens (tertiary/aromatic N) is 1. The van der Waals surface area contributed by atoms with Crippen molar-refractivity contribution in [2.45, 2.75) is 51.7 Å². The van der Waals surface area contributed by atoms with Crippen LogP contribution < -0.4 is 5.32 Å². The van der Waals surface area contributed by atoms with Crippen molar-refractivity contribution in [1.29, 1.82) is 0 Å². The summed E-state index contributed by atoms with van der Waals surface area (Å²) in [6.45, 7) is 7.46. The van der Waals surface area contributed by atoms with Crippen molar-refractivity contribution in [2.75, 3.05) is 13.7 Å². The molecule has 1 aromatic rings. The summed E-state index contributed by atoms with van der Waals surface area (Å²) in [4.78, 5) is 4.26. The minimum atomic E-state index is -0.0778. The third-order valence-electron chi connectivity index (χ3n) is 3.36. The van der Waals surface area contributed by atoms with Gasteiger partial charge in [0.1, 0.15) is 0 Å². The molecule has 0 saturated carbocycles. The topological polar surface area (TPSA) is 34.1 Å². The first-order valence-corrected chi connectivity index (χ1v) is 7.67. The number of hydrogen-bond donors (Lipinski definition) is 1. The van der Waals surface area contributed by atoms with Crippen LogP contribution in [-0.2, 0) is 4.74 Å². The van der Waals surface area contributed by atoms with Gasteiger partial charge in [-0.1, -0.05) is 6.92 Å². The maximum absolute atomic E-state index is 5.50. The maximum atomic E-state index is 5.50. The van der Waals surface area contributed by atoms with Crippen molar-refractivity contribution >= 4 is 15.9 Å². The molecule has 19 heavy (non-hydrogen) atoms. The Kier molecular flexibility index (Phi) is 6.97. The molecule has 1 heterocycles. The molecule has 1 atom stereocenters. The van der Waals surface area contributed by atoms with Crippen LogP contribution in [0.5, 0.6) is 0 Å². The minimum Gasteiger partial charge on any atom is -0.379 e. The molecule has 0 spiro atoms. The average Bonchev–Trinajstić information content (AvgIpc) is 2.39. The van der Waals surface area contributed by atoms with Crippen molar-refractivity contribution in [2.24, 2.45) is 0 Å². The van der Waals surface area contributed by atoms with E-state index in [1.165, 1.54) is 5.56 Å². The zero-order chi connectivity index (χ0) is 14.3. The van der Waals surface area contributed by atoms with E-state index < -0.39 is 0 Å². The number of nitrogens with one attached hydrogen (secondary N) is 1. The number of ether oxygens (including phenoxy) is 1. The van der Waals surface area contributed by atoms with Crippen LogP contribution in [0.2, 0.25) is 0 Å². The Balaban J connectivity index is 2.71. The lowest BCUT2D eigenvalue weighted by molar-refractivity contribution is 0.0116. The number of halogens is 1. The fourth-order valence-electron chi connectivity index (χ4n) is 1.92. The van der Waals surface area contributed by atoms with Gasteiger partial charge < -0.3 is 10.1 Å². The van der Waals surface area contributed by atoms with Gasteiger partial charge in [0.2, 0.25) is 0 Å². The highest BCUT2D eigenvalue weighted by Gasteiger charge is 2.20. The van der Waals surface area contributed by atoms with E-state index in [0.717, 1.165) is 30.3 Å². The molecule has 0 aliphatic carbocycles. The highest BCUT2D eigenvalue weighted by Crippen LogP contribution is 2.25. The first kappa shape index (κ1) is 16.6. The molecule has 0 radical (unpaired) electrons. The van der Waals surface area contributed by atoms with Crippen LogP contribution in [0.3, 0.4) is 0 Å². The van der Waals surface area contributed by atoms with E-state index in [-0.39, 0.29) is 5.60 Å². The van der Waals surface area contributed by atoms with Gasteiger partial charge in [0.15, 0.2) is 0 Å². The Bertz CT molecular complexity index is 382. The maximum Gasteiger partial charge on any atom is 0.0623 e. The standard InChI is InChI=1S/C15H25BrN2O/c1-5-8-18-14(6-7-15(2,3)19-4)12-9-13(16)11-17-10-12/h9-11,14,18H,5-8H2,1-4H3. The quantitative estimate of drug-likeness (QED) is 0.780. The van der Waals surface area contributed by atoms with E-state index >= 15 is 0 Å². The molecule has 0 fully saturated rings. The molecular formula is C15H25BrN2O. The molecule has 4 heteroatoms. The second-order valence-electron chi connectivity index (χ2n) is 5.45. The van der Waals surface area contributed by atoms with E-state index in [2.05, 4.69) is 53.1 Å². The largest absolute Gasteiger partial charge is 0.379 e. The molecule has 108 valence electrons. The van der Waals surface area contributed by atoms with Gasteiger partial charge in [0, 0.05) is 30.0 Å². The molecule has 0 amide bonds. The van der Waals surface area contributed by atoms with Crippen LogP contribution >= 0.6 is 15.9 Å². The Labute approximate surface area is 125 Å². The van der Waals surface area contributed by atoms with Gasteiger partial charge in [-0.2, -0.15) is 0 Å². The summed E-state index contributed by atoms with van der Waals surface area (Å²) in [6, 6.07) is 2.47. The molecule has 0 bridgehead atoms. The van der Waals surface area contributed by atoms with Crippen molar-refractivity contribution in [1.82, 2.24) is 10.3 Å². The van der Waals surface area contributed by atoms with Gasteiger partial charge >= 0.3 is 0 Å². The summed E-state index contributed by atoms with van der Waals surface area (Å²) >= 11 is 3.49. The van der Waals surface area contributed by atoms with Gasteiger partial charge in [-0.05, 0) is 67.2 Å². The zero-order valence-electron chi connectivity index (χ0n) is 12.4. The van der Waals surface area contributed by atoms with E-state index in [1.807, 2.05) is 12.4 Å². The number of hydrogen-bond acceptors (Lipinski definition) is 3. The lowest BCUT2D eigenvalue weighted by atomic mass is 9.95. The van der Waals surface area contributed by atoms with Crippen molar-refractivity contribution in [3.8, 4) is 0 Å². The summed E-state index contributed by atoms with van der Waals surface area (Å²) in [5.74, 6) is 0. The van der Waals surface area contributed by atoms with Crippen LogP contribution in [-0.4, -0.2) is 24.2 Å². The highest BCUT2D eigenvalue weighted by atomic mass is 79.9. The first-order chi connectivity index (χ1) is 8.98. The predicted octanol–water partition coefficient (Wildman–Crippen LogP) is 4.09. The van der Waals surface area contributed by atoms with Gasteiger partial charge in [0.05, 0.1) is 5.60 Å². The van der Waals surface area contributed by atoms with E-state index in [9.17, 15) is 0 Å². The molecule has 0 aliphatic heterocycles. The minimum absolute atomic E-state index is 0.0778. The number of pyridine rings is 1. The summed E-state index contributed by atoms with van der Waals surface area (Å²) in [5, 5.41) is 3.59. The van der Waals surface area contributed by atoms with E-state index in [0.29, 0.717) is 6.04 Å². The number of rotatable bonds is 8. The molecule has 0 saturated heterocycles. The number of methoxy groups -OCH3 is 1. The van der Waals surface area contributed by atoms with Crippen LogP contribution in [0.1, 0.15) is 51.6 Å². The van der Waals surface area contributed by atoms with Gasteiger partial charge in [-0.25, -0.2) is 0 Å². The fraction of sp³-hybridized carbons (Fsp3) is 0.667. The molecular weight excluding hydrogens is 304 g/mol. The molecule has 0 aliphatic rings. The summed E-state index contributed by atoms with van der Waals surface area (Å²) in [7, 11) is 1.77. The van der Waals surface area contributed by atoms with E-state index in [1.54, 1.807) is 7.11 Å². The molecule has 1 aromatic heterocycles. The first-order valence-electron chi connectivity index (χ1n) is 6.87. The summed E-state index contributed by atoms with van der Waals surface area (Å²) in [6.07, 6.45) is 6.94. The average molecular weight is 329 g/mol. The lowest BCUT2D eigenvalue weighted by Gasteiger charge is -2.26. The SMILES string of the molecule is CCCNC(CCC(C)(C)OC)c1cncc(Br)c1. The second kappa shape index (κ2) is 7.98. The monoisotopic (exact) mass is 328 g/mol. The highest BCUT2D eigenvalue weighted by molar-refractivity contribution is 9.10. The predicted molar refractivity (Wildman–Crippen MR) is 83.3 cm³/mol. The molecule has 1 rings (SSSR count). The molecule has 0 aromatic carbocycles. The van der Waals surface area contributed by atoms with Crippen molar-refractivity contribution < 1.29 is 4.74 Å². The van der Waals surface area contributed by atoms with E-state index in [4.69, 9.17) is 4.74 Å². The number of aromatic nitrogens is 1. The van der Waals surface area contributed by atoms with Crippen LogP contribution in [0.4, 0.5) is 0 Å². The summed E-state index contributed by atoms with van der Waals surface area (Å²) < 4.78 is 6.53. The summed E-state index contributed by atoms with van der Waals surface area (Å²) in [5.41, 5.74) is 1.15. The Morgan fingerprint density at radius 3 is 2.74 bits per heavy atom. The van der Waals surface area contributed by atoms with Gasteiger partial charge in [0.25, 0.3) is 0 Å². The normalized spacial score (nSPS) is 13.5. The Hall–Kier alpha value is -0.450. The Morgan fingerprint density at radius 2 is 2.16 bits per heavy atom. The fourth-order valence-corrected chi connectivity index (χ4v) is 2.30.